The lowest BCUT2D eigenvalue weighted by atomic mass is 10.1. The molecule has 0 atom stereocenters. The maximum absolute atomic E-state index is 12.2. The number of nitrogens with zero attached hydrogens (tertiary/aromatic N) is 1. The summed E-state index contributed by atoms with van der Waals surface area (Å²) in [5, 5.41) is 8.60. The molecular weight excluding hydrogens is 246 g/mol. The smallest absolute Gasteiger partial charge is 0.341 e. The quantitative estimate of drug-likeness (QED) is 0.826. The van der Waals surface area contributed by atoms with Crippen LogP contribution in [0.1, 0.15) is 16.1 Å². The molecule has 0 aliphatic rings. The number of para-hydroxylation sites is 1. The van der Waals surface area contributed by atoms with Crippen molar-refractivity contribution in [3.05, 3.63) is 59.9 Å². The molecule has 1 heterocycles. The fourth-order valence-corrected chi connectivity index (χ4v) is 1.55. The molecule has 0 unspecified atom stereocenters. The molecule has 1 aromatic heterocycles. The summed E-state index contributed by atoms with van der Waals surface area (Å²) in [6.07, 6.45) is 1.52. The van der Waals surface area contributed by atoms with Crippen molar-refractivity contribution in [2.24, 2.45) is 0 Å². The molecule has 5 nitrogen and oxygen atoms in total. The molecule has 1 N–H and O–H groups in total. The molecule has 96 valence electrons. The number of benzene rings is 1. The zero-order valence-electron chi connectivity index (χ0n) is 9.95. The van der Waals surface area contributed by atoms with Crippen LogP contribution in [0.3, 0.4) is 0 Å². The van der Waals surface area contributed by atoms with E-state index in [9.17, 15) is 9.59 Å². The average Bonchev–Trinajstić information content (AvgIpc) is 2.45. The highest BCUT2D eigenvalue weighted by atomic mass is 16.5. The SMILES string of the molecule is O=C(O)COc1ccccc1C(=O)c1ccccn1. The van der Waals surface area contributed by atoms with Gasteiger partial charge in [-0.25, -0.2) is 4.79 Å². The van der Waals surface area contributed by atoms with Crippen LogP contribution >= 0.6 is 0 Å². The van der Waals surface area contributed by atoms with E-state index in [1.165, 1.54) is 6.20 Å². The first kappa shape index (κ1) is 12.8. The first-order valence-electron chi connectivity index (χ1n) is 5.58. The standard InChI is InChI=1S/C14H11NO4/c16-13(17)9-19-12-7-2-1-5-10(12)14(18)11-6-3-4-8-15-11/h1-8H,9H2,(H,16,17). The summed E-state index contributed by atoms with van der Waals surface area (Å²) in [7, 11) is 0. The van der Waals surface area contributed by atoms with Crippen molar-refractivity contribution in [3.8, 4) is 5.75 Å². The van der Waals surface area contributed by atoms with Crippen LogP contribution in [0.25, 0.3) is 0 Å². The second-order valence-corrected chi connectivity index (χ2v) is 3.72. The number of aromatic nitrogens is 1. The minimum absolute atomic E-state index is 0.237. The fraction of sp³-hybridized carbons (Fsp3) is 0.0714. The van der Waals surface area contributed by atoms with Crippen LogP contribution in [-0.4, -0.2) is 28.4 Å². The van der Waals surface area contributed by atoms with Crippen LogP contribution in [0.5, 0.6) is 5.75 Å². The number of carboxylic acids is 1. The Kier molecular flexibility index (Phi) is 3.87. The Bertz CT molecular complexity index is 595. The van der Waals surface area contributed by atoms with Gasteiger partial charge in [-0.1, -0.05) is 18.2 Å². The summed E-state index contributed by atoms with van der Waals surface area (Å²) in [4.78, 5) is 26.7. The largest absolute Gasteiger partial charge is 0.481 e. The maximum atomic E-state index is 12.2. The first-order chi connectivity index (χ1) is 9.18. The Morgan fingerprint density at radius 3 is 2.53 bits per heavy atom. The molecule has 5 heteroatoms. The lowest BCUT2D eigenvalue weighted by Crippen LogP contribution is -2.12. The van der Waals surface area contributed by atoms with Gasteiger partial charge in [-0.15, -0.1) is 0 Å². The second-order valence-electron chi connectivity index (χ2n) is 3.72. The molecule has 1 aromatic carbocycles. The Morgan fingerprint density at radius 1 is 1.11 bits per heavy atom. The van der Waals surface area contributed by atoms with Crippen molar-refractivity contribution in [2.75, 3.05) is 6.61 Å². The Labute approximate surface area is 109 Å². The fourth-order valence-electron chi connectivity index (χ4n) is 1.55. The molecule has 0 saturated carbocycles. The van der Waals surface area contributed by atoms with Crippen LogP contribution in [0.4, 0.5) is 0 Å². The van der Waals surface area contributed by atoms with E-state index >= 15 is 0 Å². The van der Waals surface area contributed by atoms with E-state index in [0.717, 1.165) is 0 Å². The molecule has 19 heavy (non-hydrogen) atoms. The van der Waals surface area contributed by atoms with Gasteiger partial charge in [0.1, 0.15) is 11.4 Å². The number of hydrogen-bond acceptors (Lipinski definition) is 4. The minimum atomic E-state index is -1.10. The predicted octanol–water partition coefficient (Wildman–Crippen LogP) is 1.78. The zero-order valence-corrected chi connectivity index (χ0v) is 9.95. The predicted molar refractivity (Wildman–Crippen MR) is 67.2 cm³/mol. The van der Waals surface area contributed by atoms with Crippen molar-refractivity contribution >= 4 is 11.8 Å². The number of carbonyl (C=O) groups is 2. The number of hydrogen-bond donors (Lipinski definition) is 1. The van der Waals surface area contributed by atoms with Crippen molar-refractivity contribution in [1.82, 2.24) is 4.98 Å². The normalized spacial score (nSPS) is 9.89. The number of pyridine rings is 1. The highest BCUT2D eigenvalue weighted by molar-refractivity contribution is 6.09. The molecule has 2 aromatic rings. The summed E-state index contributed by atoms with van der Waals surface area (Å²) < 4.78 is 5.09. The molecule has 0 bridgehead atoms. The summed E-state index contributed by atoms with van der Waals surface area (Å²) >= 11 is 0. The summed E-state index contributed by atoms with van der Waals surface area (Å²) in [5.41, 5.74) is 0.580. The third-order valence-corrected chi connectivity index (χ3v) is 2.38. The van der Waals surface area contributed by atoms with Gasteiger partial charge in [-0.2, -0.15) is 0 Å². The van der Waals surface area contributed by atoms with E-state index in [0.29, 0.717) is 5.56 Å². The molecule has 0 spiro atoms. The Balaban J connectivity index is 2.29. The van der Waals surface area contributed by atoms with Gasteiger partial charge in [0.15, 0.2) is 6.61 Å². The van der Waals surface area contributed by atoms with Gasteiger partial charge >= 0.3 is 5.97 Å². The van der Waals surface area contributed by atoms with E-state index in [-0.39, 0.29) is 17.2 Å². The van der Waals surface area contributed by atoms with Crippen LogP contribution in [0.15, 0.2) is 48.7 Å². The van der Waals surface area contributed by atoms with Gasteiger partial charge in [-0.3, -0.25) is 9.78 Å². The van der Waals surface area contributed by atoms with E-state index in [1.54, 1.807) is 42.5 Å². The number of ketones is 1. The average molecular weight is 257 g/mol. The van der Waals surface area contributed by atoms with Gasteiger partial charge in [0.2, 0.25) is 5.78 Å². The molecule has 0 fully saturated rings. The van der Waals surface area contributed by atoms with Crippen molar-refractivity contribution in [2.45, 2.75) is 0 Å². The summed E-state index contributed by atoms with van der Waals surface area (Å²) in [6, 6.07) is 11.5. The van der Waals surface area contributed by atoms with E-state index in [4.69, 9.17) is 9.84 Å². The third kappa shape index (κ3) is 3.16. The first-order valence-corrected chi connectivity index (χ1v) is 5.58. The van der Waals surface area contributed by atoms with Gasteiger partial charge in [0.05, 0.1) is 5.56 Å². The van der Waals surface area contributed by atoms with E-state index < -0.39 is 12.6 Å². The van der Waals surface area contributed by atoms with Gasteiger partial charge in [0, 0.05) is 6.20 Å². The Hall–Kier alpha value is -2.69. The molecule has 2 rings (SSSR count). The van der Waals surface area contributed by atoms with Gasteiger partial charge in [0.25, 0.3) is 0 Å². The van der Waals surface area contributed by atoms with Crippen molar-refractivity contribution in [3.63, 3.8) is 0 Å². The molecule has 0 saturated heterocycles. The topological polar surface area (TPSA) is 76.5 Å². The van der Waals surface area contributed by atoms with E-state index in [2.05, 4.69) is 4.98 Å². The van der Waals surface area contributed by atoms with Crippen LogP contribution in [0.2, 0.25) is 0 Å². The van der Waals surface area contributed by atoms with Crippen LogP contribution < -0.4 is 4.74 Å². The van der Waals surface area contributed by atoms with Gasteiger partial charge in [-0.05, 0) is 24.3 Å². The van der Waals surface area contributed by atoms with Gasteiger partial charge < -0.3 is 9.84 Å². The van der Waals surface area contributed by atoms with Crippen LogP contribution in [-0.2, 0) is 4.79 Å². The second kappa shape index (κ2) is 5.77. The number of carboxylic acid groups (broad SMARTS) is 1. The summed E-state index contributed by atoms with van der Waals surface area (Å²) in [5.74, 6) is -1.16. The number of aliphatic carboxylic acids is 1. The lowest BCUT2D eigenvalue weighted by Gasteiger charge is -2.08. The monoisotopic (exact) mass is 257 g/mol. The molecule has 0 aliphatic carbocycles. The Morgan fingerprint density at radius 2 is 1.84 bits per heavy atom. The maximum Gasteiger partial charge on any atom is 0.341 e. The molecule has 0 aliphatic heterocycles. The molecule has 0 amide bonds. The number of rotatable bonds is 5. The molecular formula is C14H11NO4. The van der Waals surface area contributed by atoms with Crippen LogP contribution in [0, 0.1) is 0 Å². The summed E-state index contributed by atoms with van der Waals surface area (Å²) in [6.45, 7) is -0.494. The third-order valence-electron chi connectivity index (χ3n) is 2.38. The van der Waals surface area contributed by atoms with Crippen molar-refractivity contribution < 1.29 is 19.4 Å². The number of ether oxygens (including phenoxy) is 1. The minimum Gasteiger partial charge on any atom is -0.481 e. The number of carbonyl (C=O) groups excluding carboxylic acids is 1. The lowest BCUT2D eigenvalue weighted by molar-refractivity contribution is -0.139. The molecule has 0 radical (unpaired) electrons. The zero-order chi connectivity index (χ0) is 13.7. The van der Waals surface area contributed by atoms with E-state index in [1.807, 2.05) is 0 Å². The highest BCUT2D eigenvalue weighted by Crippen LogP contribution is 2.20. The highest BCUT2D eigenvalue weighted by Gasteiger charge is 2.15. The van der Waals surface area contributed by atoms with Crippen molar-refractivity contribution in [1.29, 1.82) is 0 Å².